The molecular weight excluding hydrogens is 313 g/mol. The van der Waals surface area contributed by atoms with Crippen molar-refractivity contribution < 1.29 is 4.79 Å². The van der Waals surface area contributed by atoms with Gasteiger partial charge in [-0.3, -0.25) is 9.59 Å². The van der Waals surface area contributed by atoms with Crippen molar-refractivity contribution in [2.75, 3.05) is 27.2 Å². The van der Waals surface area contributed by atoms with Gasteiger partial charge >= 0.3 is 0 Å². The van der Waals surface area contributed by atoms with E-state index in [1.807, 2.05) is 19.0 Å². The van der Waals surface area contributed by atoms with Crippen LogP contribution in [0.4, 0.5) is 0 Å². The van der Waals surface area contributed by atoms with E-state index in [9.17, 15) is 9.59 Å². The minimum atomic E-state index is -0.341. The summed E-state index contributed by atoms with van der Waals surface area (Å²) in [5.74, 6) is -0.341. The van der Waals surface area contributed by atoms with E-state index in [1.165, 1.54) is 12.1 Å². The summed E-state index contributed by atoms with van der Waals surface area (Å²) in [5, 5.41) is 3.72. The molecule has 7 heteroatoms. The van der Waals surface area contributed by atoms with Gasteiger partial charge in [0.2, 0.25) is 0 Å². The second-order valence-corrected chi connectivity index (χ2v) is 5.76. The molecule has 0 bridgehead atoms. The van der Waals surface area contributed by atoms with Crippen LogP contribution in [0.1, 0.15) is 10.5 Å². The Kier molecular flexibility index (Phi) is 4.88. The lowest BCUT2D eigenvalue weighted by Crippen LogP contribution is -2.32. The van der Waals surface area contributed by atoms with Crippen molar-refractivity contribution in [2.45, 2.75) is 0 Å². The molecule has 2 rings (SSSR count). The standard InChI is InChI=1S/C14H15Cl2N3O2/c1-19(2)4-3-17-14(21)11-7-12(20)13-9(16)5-8(15)6-10(13)18-11/h5-7H,3-4H2,1-2H3,(H,17,21)(H,18,20). The second kappa shape index (κ2) is 6.47. The van der Waals surface area contributed by atoms with Gasteiger partial charge in [0.25, 0.3) is 5.91 Å². The summed E-state index contributed by atoms with van der Waals surface area (Å²) in [5.41, 5.74) is 0.311. The van der Waals surface area contributed by atoms with Gasteiger partial charge < -0.3 is 15.2 Å². The fourth-order valence-electron chi connectivity index (χ4n) is 1.92. The van der Waals surface area contributed by atoms with E-state index in [4.69, 9.17) is 23.2 Å². The third kappa shape index (κ3) is 3.75. The number of carbonyl (C=O) groups is 1. The minimum Gasteiger partial charge on any atom is -0.350 e. The van der Waals surface area contributed by atoms with Crippen LogP contribution in [0.3, 0.4) is 0 Å². The molecule has 0 aliphatic heterocycles. The summed E-state index contributed by atoms with van der Waals surface area (Å²) in [4.78, 5) is 28.9. The number of nitrogens with one attached hydrogen (secondary N) is 2. The number of pyridine rings is 1. The molecule has 1 aromatic carbocycles. The molecule has 1 aromatic heterocycles. The summed E-state index contributed by atoms with van der Waals surface area (Å²) < 4.78 is 0. The summed E-state index contributed by atoms with van der Waals surface area (Å²) in [6.45, 7) is 1.20. The normalized spacial score (nSPS) is 11.1. The minimum absolute atomic E-state index is 0.185. The van der Waals surface area contributed by atoms with E-state index >= 15 is 0 Å². The molecule has 0 aliphatic carbocycles. The largest absolute Gasteiger partial charge is 0.350 e. The lowest BCUT2D eigenvalue weighted by Gasteiger charge is -2.11. The molecule has 0 spiro atoms. The van der Waals surface area contributed by atoms with Crippen LogP contribution < -0.4 is 10.7 Å². The number of hydrogen-bond acceptors (Lipinski definition) is 3. The molecule has 0 fully saturated rings. The van der Waals surface area contributed by atoms with E-state index in [0.29, 0.717) is 29.0 Å². The van der Waals surface area contributed by atoms with Gasteiger partial charge in [-0.1, -0.05) is 23.2 Å². The van der Waals surface area contributed by atoms with Crippen LogP contribution in [0.2, 0.25) is 10.0 Å². The first-order chi connectivity index (χ1) is 9.88. The van der Waals surface area contributed by atoms with E-state index < -0.39 is 0 Å². The van der Waals surface area contributed by atoms with Crippen LogP contribution in [0, 0.1) is 0 Å². The van der Waals surface area contributed by atoms with Gasteiger partial charge in [0, 0.05) is 24.2 Å². The molecule has 0 radical (unpaired) electrons. The van der Waals surface area contributed by atoms with Crippen LogP contribution in [-0.2, 0) is 0 Å². The smallest absolute Gasteiger partial charge is 0.267 e. The van der Waals surface area contributed by atoms with E-state index in [-0.39, 0.29) is 22.1 Å². The van der Waals surface area contributed by atoms with E-state index in [0.717, 1.165) is 0 Å². The van der Waals surface area contributed by atoms with Crippen molar-refractivity contribution in [2.24, 2.45) is 0 Å². The Morgan fingerprint density at radius 2 is 2.00 bits per heavy atom. The highest BCUT2D eigenvalue weighted by atomic mass is 35.5. The van der Waals surface area contributed by atoms with Gasteiger partial charge in [0.05, 0.1) is 15.9 Å². The lowest BCUT2D eigenvalue weighted by molar-refractivity contribution is 0.0946. The first-order valence-corrected chi connectivity index (χ1v) is 7.09. The molecule has 1 amide bonds. The first kappa shape index (κ1) is 15.8. The zero-order chi connectivity index (χ0) is 15.6. The van der Waals surface area contributed by atoms with Crippen LogP contribution in [0.25, 0.3) is 10.9 Å². The maximum atomic E-state index is 12.1. The summed E-state index contributed by atoms with van der Waals surface area (Å²) in [7, 11) is 3.82. The molecule has 112 valence electrons. The zero-order valence-corrected chi connectivity index (χ0v) is 13.2. The highest BCUT2D eigenvalue weighted by Gasteiger charge is 2.12. The summed E-state index contributed by atoms with van der Waals surface area (Å²) in [6, 6.07) is 4.31. The molecule has 21 heavy (non-hydrogen) atoms. The predicted molar refractivity (Wildman–Crippen MR) is 85.5 cm³/mol. The van der Waals surface area contributed by atoms with Gasteiger partial charge in [-0.25, -0.2) is 0 Å². The number of aromatic amines is 1. The molecule has 0 unspecified atom stereocenters. The number of amides is 1. The fraction of sp³-hybridized carbons (Fsp3) is 0.286. The number of aromatic nitrogens is 1. The monoisotopic (exact) mass is 327 g/mol. The molecule has 5 nitrogen and oxygen atoms in total. The Morgan fingerprint density at radius 1 is 1.29 bits per heavy atom. The maximum absolute atomic E-state index is 12.1. The fourth-order valence-corrected chi connectivity index (χ4v) is 2.50. The van der Waals surface area contributed by atoms with E-state index in [2.05, 4.69) is 10.3 Å². The van der Waals surface area contributed by atoms with Crippen molar-refractivity contribution in [3.05, 3.63) is 44.2 Å². The number of rotatable bonds is 4. The highest BCUT2D eigenvalue weighted by Crippen LogP contribution is 2.24. The number of H-pyrrole nitrogens is 1. The molecule has 0 aliphatic rings. The number of nitrogens with zero attached hydrogens (tertiary/aromatic N) is 1. The quantitative estimate of drug-likeness (QED) is 0.904. The molecule has 0 saturated heterocycles. The SMILES string of the molecule is CN(C)CCNC(=O)c1cc(=O)c2c(Cl)cc(Cl)cc2[nH]1. The van der Waals surface area contributed by atoms with Gasteiger partial charge in [-0.2, -0.15) is 0 Å². The Bertz CT molecular complexity index is 741. The molecule has 2 aromatic rings. The van der Waals surface area contributed by atoms with Crippen LogP contribution in [0.5, 0.6) is 0 Å². The number of likely N-dealkylation sites (N-methyl/N-ethyl adjacent to an activating group) is 1. The molecular formula is C14H15Cl2N3O2. The number of carbonyl (C=O) groups excluding carboxylic acids is 1. The number of fused-ring (bicyclic) bond motifs is 1. The number of benzene rings is 1. The maximum Gasteiger partial charge on any atom is 0.267 e. The third-order valence-corrected chi connectivity index (χ3v) is 3.45. The zero-order valence-electron chi connectivity index (χ0n) is 11.7. The van der Waals surface area contributed by atoms with E-state index in [1.54, 1.807) is 6.07 Å². The van der Waals surface area contributed by atoms with Gasteiger partial charge in [-0.15, -0.1) is 0 Å². The van der Waals surface area contributed by atoms with Gasteiger partial charge in [0.1, 0.15) is 5.69 Å². The summed E-state index contributed by atoms with van der Waals surface area (Å²) >= 11 is 11.9. The van der Waals surface area contributed by atoms with Crippen molar-refractivity contribution in [1.82, 2.24) is 15.2 Å². The Morgan fingerprint density at radius 3 is 2.67 bits per heavy atom. The van der Waals surface area contributed by atoms with Crippen molar-refractivity contribution in [3.8, 4) is 0 Å². The highest BCUT2D eigenvalue weighted by molar-refractivity contribution is 6.38. The van der Waals surface area contributed by atoms with Crippen molar-refractivity contribution >= 4 is 40.0 Å². The Hall–Kier alpha value is -1.56. The molecule has 2 N–H and O–H groups in total. The average Bonchev–Trinajstić information content (AvgIpc) is 2.36. The van der Waals surface area contributed by atoms with Crippen LogP contribution in [0.15, 0.2) is 23.0 Å². The Balaban J connectivity index is 2.34. The van der Waals surface area contributed by atoms with Crippen molar-refractivity contribution in [1.29, 1.82) is 0 Å². The average molecular weight is 328 g/mol. The Labute approximate surface area is 131 Å². The number of hydrogen-bond donors (Lipinski definition) is 2. The van der Waals surface area contributed by atoms with Gasteiger partial charge in [-0.05, 0) is 26.2 Å². The number of halogens is 2. The lowest BCUT2D eigenvalue weighted by atomic mass is 10.2. The van der Waals surface area contributed by atoms with Crippen molar-refractivity contribution in [3.63, 3.8) is 0 Å². The van der Waals surface area contributed by atoms with Gasteiger partial charge in [0.15, 0.2) is 5.43 Å². The second-order valence-electron chi connectivity index (χ2n) is 4.92. The predicted octanol–water partition coefficient (Wildman–Crippen LogP) is 2.13. The summed E-state index contributed by atoms with van der Waals surface area (Å²) in [6.07, 6.45) is 0. The molecule has 0 atom stereocenters. The first-order valence-electron chi connectivity index (χ1n) is 6.33. The van der Waals surface area contributed by atoms with Crippen LogP contribution in [-0.4, -0.2) is 43.0 Å². The molecule has 1 heterocycles. The third-order valence-electron chi connectivity index (χ3n) is 2.94. The van der Waals surface area contributed by atoms with Crippen LogP contribution >= 0.6 is 23.2 Å². The molecule has 0 saturated carbocycles. The topological polar surface area (TPSA) is 65.2 Å².